The van der Waals surface area contributed by atoms with Crippen LogP contribution in [0.25, 0.3) is 0 Å². The number of aromatic nitrogens is 2. The lowest BCUT2D eigenvalue weighted by Crippen LogP contribution is -2.23. The maximum Gasteiger partial charge on any atom is 0.339 e. The lowest BCUT2D eigenvalue weighted by molar-refractivity contribution is 0.0697. The lowest BCUT2D eigenvalue weighted by Gasteiger charge is -2.15. The van der Waals surface area contributed by atoms with Crippen LogP contribution in [0.4, 0.5) is 5.82 Å². The Bertz CT molecular complexity index is 411. The van der Waals surface area contributed by atoms with E-state index in [0.717, 1.165) is 19.3 Å². The third kappa shape index (κ3) is 2.71. The van der Waals surface area contributed by atoms with E-state index in [4.69, 9.17) is 5.11 Å². The number of aliphatic hydroxyl groups is 1. The molecule has 1 heterocycles. The molecule has 17 heavy (non-hydrogen) atoms. The van der Waals surface area contributed by atoms with Crippen molar-refractivity contribution in [3.05, 3.63) is 17.8 Å². The molecule has 0 spiro atoms. The minimum atomic E-state index is -1.03. The molecule has 1 fully saturated rings. The van der Waals surface area contributed by atoms with Gasteiger partial charge in [0, 0.05) is 12.5 Å². The molecule has 2 rings (SSSR count). The summed E-state index contributed by atoms with van der Waals surface area (Å²) in [7, 11) is 0. The van der Waals surface area contributed by atoms with Gasteiger partial charge in [-0.3, -0.25) is 0 Å². The van der Waals surface area contributed by atoms with Gasteiger partial charge in [0.1, 0.15) is 5.56 Å². The van der Waals surface area contributed by atoms with Crippen LogP contribution in [0.15, 0.2) is 12.3 Å². The van der Waals surface area contributed by atoms with Crippen molar-refractivity contribution in [3.8, 4) is 0 Å². The monoisotopic (exact) mass is 237 g/mol. The second kappa shape index (κ2) is 5.09. The molecule has 0 aromatic carbocycles. The highest BCUT2D eigenvalue weighted by Crippen LogP contribution is 2.25. The van der Waals surface area contributed by atoms with Crippen LogP contribution in [-0.2, 0) is 0 Å². The zero-order chi connectivity index (χ0) is 12.3. The van der Waals surface area contributed by atoms with Gasteiger partial charge in [-0.15, -0.1) is 5.10 Å². The van der Waals surface area contributed by atoms with Gasteiger partial charge >= 0.3 is 5.97 Å². The highest BCUT2D eigenvalue weighted by Gasteiger charge is 2.25. The van der Waals surface area contributed by atoms with E-state index in [1.165, 1.54) is 12.3 Å². The minimum Gasteiger partial charge on any atom is -0.478 e. The van der Waals surface area contributed by atoms with Gasteiger partial charge in [-0.1, -0.05) is 6.42 Å². The van der Waals surface area contributed by atoms with Crippen molar-refractivity contribution < 1.29 is 15.0 Å². The lowest BCUT2D eigenvalue weighted by atomic mass is 10.1. The van der Waals surface area contributed by atoms with Crippen LogP contribution in [0.5, 0.6) is 0 Å². The van der Waals surface area contributed by atoms with Crippen molar-refractivity contribution in [3.63, 3.8) is 0 Å². The maximum absolute atomic E-state index is 10.9. The molecule has 3 N–H and O–H groups in total. The smallest absolute Gasteiger partial charge is 0.339 e. The Labute approximate surface area is 98.7 Å². The van der Waals surface area contributed by atoms with Crippen LogP contribution in [0, 0.1) is 5.92 Å². The van der Waals surface area contributed by atoms with Crippen LogP contribution < -0.4 is 5.32 Å². The van der Waals surface area contributed by atoms with Crippen molar-refractivity contribution in [2.24, 2.45) is 5.92 Å². The molecule has 2 unspecified atom stereocenters. The molecule has 6 heteroatoms. The highest BCUT2D eigenvalue weighted by molar-refractivity contribution is 5.92. The van der Waals surface area contributed by atoms with Crippen LogP contribution in [0.3, 0.4) is 0 Å². The molecule has 1 aliphatic carbocycles. The van der Waals surface area contributed by atoms with Gasteiger partial charge in [-0.05, 0) is 18.9 Å². The van der Waals surface area contributed by atoms with Gasteiger partial charge in [0.05, 0.1) is 12.3 Å². The summed E-state index contributed by atoms with van der Waals surface area (Å²) < 4.78 is 0. The molecule has 0 radical (unpaired) electrons. The normalized spacial score (nSPS) is 23.6. The third-order valence-electron chi connectivity index (χ3n) is 3.10. The van der Waals surface area contributed by atoms with E-state index in [1.54, 1.807) is 0 Å². The second-order valence-corrected chi connectivity index (χ2v) is 4.24. The number of nitrogens with zero attached hydrogens (tertiary/aromatic N) is 2. The van der Waals surface area contributed by atoms with Crippen molar-refractivity contribution in [1.29, 1.82) is 0 Å². The Balaban J connectivity index is 2.01. The Kier molecular flexibility index (Phi) is 3.53. The van der Waals surface area contributed by atoms with Gasteiger partial charge in [-0.25, -0.2) is 4.79 Å². The second-order valence-electron chi connectivity index (χ2n) is 4.24. The van der Waals surface area contributed by atoms with Crippen molar-refractivity contribution in [1.82, 2.24) is 10.2 Å². The molecule has 0 bridgehead atoms. The van der Waals surface area contributed by atoms with E-state index in [0.29, 0.717) is 6.54 Å². The van der Waals surface area contributed by atoms with E-state index in [9.17, 15) is 9.90 Å². The SMILES string of the molecule is O=C(O)c1ccnnc1NCC1CCCC1O. The zero-order valence-electron chi connectivity index (χ0n) is 9.33. The summed E-state index contributed by atoms with van der Waals surface area (Å²) in [6.07, 6.45) is 3.83. The molecule has 1 aliphatic rings. The highest BCUT2D eigenvalue weighted by atomic mass is 16.4. The van der Waals surface area contributed by atoms with Crippen molar-refractivity contribution >= 4 is 11.8 Å². The molecule has 0 amide bonds. The number of carboxylic acids is 1. The fourth-order valence-corrected chi connectivity index (χ4v) is 2.12. The molecule has 0 saturated heterocycles. The largest absolute Gasteiger partial charge is 0.478 e. The topological polar surface area (TPSA) is 95.3 Å². The van der Waals surface area contributed by atoms with Gasteiger partial charge in [-0.2, -0.15) is 5.10 Å². The van der Waals surface area contributed by atoms with Crippen LogP contribution in [-0.4, -0.2) is 39.0 Å². The van der Waals surface area contributed by atoms with Gasteiger partial charge in [0.15, 0.2) is 5.82 Å². The van der Waals surface area contributed by atoms with Crippen LogP contribution in [0.2, 0.25) is 0 Å². The number of carboxylic acid groups (broad SMARTS) is 1. The molecule has 1 aromatic heterocycles. The summed E-state index contributed by atoms with van der Waals surface area (Å²) >= 11 is 0. The summed E-state index contributed by atoms with van der Waals surface area (Å²) in [5.74, 6) is -0.605. The summed E-state index contributed by atoms with van der Waals surface area (Å²) in [6, 6.07) is 1.41. The van der Waals surface area contributed by atoms with E-state index in [2.05, 4.69) is 15.5 Å². The summed E-state index contributed by atoms with van der Waals surface area (Å²) in [4.78, 5) is 10.9. The Hall–Kier alpha value is -1.69. The standard InChI is InChI=1S/C11H15N3O3/c15-9-3-1-2-7(9)6-12-10-8(11(16)17)4-5-13-14-10/h4-5,7,9,15H,1-3,6H2,(H,12,14)(H,16,17). The number of rotatable bonds is 4. The molecule has 1 aromatic rings. The fourth-order valence-electron chi connectivity index (χ4n) is 2.12. The number of aliphatic hydroxyl groups excluding tert-OH is 1. The summed E-state index contributed by atoms with van der Waals surface area (Å²) in [5.41, 5.74) is 0.104. The molecular formula is C11H15N3O3. The molecule has 92 valence electrons. The van der Waals surface area contributed by atoms with Crippen LogP contribution >= 0.6 is 0 Å². The van der Waals surface area contributed by atoms with E-state index >= 15 is 0 Å². The molecule has 6 nitrogen and oxygen atoms in total. The summed E-state index contributed by atoms with van der Waals surface area (Å²) in [6.45, 7) is 0.528. The first-order chi connectivity index (χ1) is 8.18. The zero-order valence-corrected chi connectivity index (χ0v) is 9.33. The molecule has 1 saturated carbocycles. The third-order valence-corrected chi connectivity index (χ3v) is 3.10. The van der Waals surface area contributed by atoms with Gasteiger partial charge in [0.2, 0.25) is 0 Å². The number of hydrogen-bond donors (Lipinski definition) is 3. The Morgan fingerprint density at radius 2 is 2.35 bits per heavy atom. The number of hydrogen-bond acceptors (Lipinski definition) is 5. The molecule has 0 aliphatic heterocycles. The first kappa shape index (κ1) is 11.8. The Morgan fingerprint density at radius 1 is 1.53 bits per heavy atom. The van der Waals surface area contributed by atoms with E-state index < -0.39 is 5.97 Å². The Morgan fingerprint density at radius 3 is 3.00 bits per heavy atom. The van der Waals surface area contributed by atoms with Gasteiger partial charge in [0.25, 0.3) is 0 Å². The quantitative estimate of drug-likeness (QED) is 0.715. The maximum atomic E-state index is 10.9. The van der Waals surface area contributed by atoms with Crippen molar-refractivity contribution in [2.75, 3.05) is 11.9 Å². The number of nitrogens with one attached hydrogen (secondary N) is 1. The van der Waals surface area contributed by atoms with E-state index in [1.807, 2.05) is 0 Å². The predicted molar refractivity (Wildman–Crippen MR) is 60.8 cm³/mol. The average Bonchev–Trinajstić information content (AvgIpc) is 2.72. The van der Waals surface area contributed by atoms with Crippen molar-refractivity contribution in [2.45, 2.75) is 25.4 Å². The molecular weight excluding hydrogens is 222 g/mol. The number of aromatic carboxylic acids is 1. The first-order valence-electron chi connectivity index (χ1n) is 5.65. The fraction of sp³-hybridized carbons (Fsp3) is 0.545. The minimum absolute atomic E-state index is 0.104. The van der Waals surface area contributed by atoms with E-state index in [-0.39, 0.29) is 23.4 Å². The molecule has 2 atom stereocenters. The van der Waals surface area contributed by atoms with Crippen LogP contribution in [0.1, 0.15) is 29.6 Å². The van der Waals surface area contributed by atoms with Gasteiger partial charge < -0.3 is 15.5 Å². The first-order valence-corrected chi connectivity index (χ1v) is 5.65. The average molecular weight is 237 g/mol. The predicted octanol–water partition coefficient (Wildman–Crippen LogP) is 0.748. The summed E-state index contributed by atoms with van der Waals surface area (Å²) in [5, 5.41) is 29.0. The number of anilines is 1. The number of carbonyl (C=O) groups is 1.